The maximum absolute atomic E-state index is 12.0. The van der Waals surface area contributed by atoms with Crippen molar-refractivity contribution >= 4 is 10.0 Å². The molecule has 1 heterocycles. The quantitative estimate of drug-likeness (QED) is 0.839. The van der Waals surface area contributed by atoms with Gasteiger partial charge in [-0.15, -0.1) is 0 Å². The molecule has 0 aromatic heterocycles. The highest BCUT2D eigenvalue weighted by Gasteiger charge is 2.29. The first-order chi connectivity index (χ1) is 7.58. The van der Waals surface area contributed by atoms with Crippen LogP contribution in [0.15, 0.2) is 30.3 Å². The summed E-state index contributed by atoms with van der Waals surface area (Å²) in [7, 11) is -3.19. The Morgan fingerprint density at radius 2 is 2.00 bits per heavy atom. The Hall–Kier alpha value is -0.910. The van der Waals surface area contributed by atoms with Crippen LogP contribution in [-0.2, 0) is 15.8 Å². The molecule has 1 aliphatic heterocycles. The predicted molar refractivity (Wildman–Crippen MR) is 63.2 cm³/mol. The van der Waals surface area contributed by atoms with Gasteiger partial charge in [-0.05, 0) is 12.0 Å². The van der Waals surface area contributed by atoms with Crippen molar-refractivity contribution in [2.75, 3.05) is 13.1 Å². The lowest BCUT2D eigenvalue weighted by Crippen LogP contribution is -2.32. The average molecular weight is 240 g/mol. The molecule has 1 fully saturated rings. The number of hydrogen-bond donors (Lipinski definition) is 1. The summed E-state index contributed by atoms with van der Waals surface area (Å²) in [6.45, 7) is 1.01. The second-order valence-electron chi connectivity index (χ2n) is 4.15. The van der Waals surface area contributed by atoms with E-state index in [2.05, 4.69) is 0 Å². The van der Waals surface area contributed by atoms with Gasteiger partial charge >= 0.3 is 0 Å². The number of nitrogens with zero attached hydrogens (tertiary/aromatic N) is 1. The van der Waals surface area contributed by atoms with E-state index >= 15 is 0 Å². The fourth-order valence-electron chi connectivity index (χ4n) is 1.88. The molecule has 1 saturated heterocycles. The van der Waals surface area contributed by atoms with Gasteiger partial charge in [0.15, 0.2) is 0 Å². The number of hydrogen-bond acceptors (Lipinski definition) is 3. The smallest absolute Gasteiger partial charge is 0.218 e. The zero-order chi connectivity index (χ0) is 11.6. The highest BCUT2D eigenvalue weighted by Crippen LogP contribution is 2.16. The predicted octanol–water partition coefficient (Wildman–Crippen LogP) is 0.549. The number of benzene rings is 1. The number of rotatable bonds is 3. The van der Waals surface area contributed by atoms with Gasteiger partial charge in [0.25, 0.3) is 0 Å². The molecule has 0 spiro atoms. The van der Waals surface area contributed by atoms with E-state index in [0.717, 1.165) is 12.0 Å². The molecule has 1 aromatic carbocycles. The van der Waals surface area contributed by atoms with Gasteiger partial charge in [-0.1, -0.05) is 30.3 Å². The first-order valence-electron chi connectivity index (χ1n) is 5.35. The molecule has 1 aliphatic rings. The summed E-state index contributed by atoms with van der Waals surface area (Å²) in [5.41, 5.74) is 6.53. The van der Waals surface area contributed by atoms with Crippen molar-refractivity contribution in [2.45, 2.75) is 18.2 Å². The van der Waals surface area contributed by atoms with Crippen LogP contribution >= 0.6 is 0 Å². The molecule has 0 aliphatic carbocycles. The summed E-state index contributed by atoms with van der Waals surface area (Å²) < 4.78 is 25.5. The summed E-state index contributed by atoms with van der Waals surface area (Å²) in [6, 6.07) is 9.22. The molecule has 0 radical (unpaired) electrons. The average Bonchev–Trinajstić information content (AvgIpc) is 2.66. The van der Waals surface area contributed by atoms with Crippen molar-refractivity contribution in [2.24, 2.45) is 5.73 Å². The van der Waals surface area contributed by atoms with Crippen molar-refractivity contribution in [3.8, 4) is 0 Å². The third-order valence-electron chi connectivity index (χ3n) is 2.77. The van der Waals surface area contributed by atoms with Crippen molar-refractivity contribution in [1.29, 1.82) is 0 Å². The molecule has 88 valence electrons. The lowest BCUT2D eigenvalue weighted by atomic mass is 10.2. The van der Waals surface area contributed by atoms with Crippen LogP contribution < -0.4 is 5.73 Å². The molecular weight excluding hydrogens is 224 g/mol. The minimum atomic E-state index is -3.19. The Kier molecular flexibility index (Phi) is 3.28. The van der Waals surface area contributed by atoms with Gasteiger partial charge in [-0.25, -0.2) is 12.7 Å². The third-order valence-corrected chi connectivity index (χ3v) is 4.59. The summed E-state index contributed by atoms with van der Waals surface area (Å²) >= 11 is 0. The SMILES string of the molecule is NC1CCN(S(=O)(=O)Cc2ccccc2)C1. The fraction of sp³-hybridized carbons (Fsp3) is 0.455. The highest BCUT2D eigenvalue weighted by atomic mass is 32.2. The molecule has 2 rings (SSSR count). The van der Waals surface area contributed by atoms with Gasteiger partial charge in [0, 0.05) is 19.1 Å². The second kappa shape index (κ2) is 4.53. The zero-order valence-corrected chi connectivity index (χ0v) is 9.86. The van der Waals surface area contributed by atoms with E-state index in [4.69, 9.17) is 5.73 Å². The van der Waals surface area contributed by atoms with Crippen LogP contribution in [0.5, 0.6) is 0 Å². The molecular formula is C11H16N2O2S. The topological polar surface area (TPSA) is 63.4 Å². The largest absolute Gasteiger partial charge is 0.326 e. The standard InChI is InChI=1S/C11H16N2O2S/c12-11-6-7-13(8-11)16(14,15)9-10-4-2-1-3-5-10/h1-5,11H,6-9,12H2. The first-order valence-corrected chi connectivity index (χ1v) is 6.96. The molecule has 0 saturated carbocycles. The van der Waals surface area contributed by atoms with E-state index in [1.807, 2.05) is 30.3 Å². The second-order valence-corrected chi connectivity index (χ2v) is 6.12. The normalized spacial score (nSPS) is 22.4. The third kappa shape index (κ3) is 2.61. The van der Waals surface area contributed by atoms with Gasteiger partial charge in [0.1, 0.15) is 0 Å². The summed E-state index contributed by atoms with van der Waals surface area (Å²) in [6.07, 6.45) is 0.758. The zero-order valence-electron chi connectivity index (χ0n) is 9.04. The molecule has 5 heteroatoms. The van der Waals surface area contributed by atoms with Gasteiger partial charge in [-0.3, -0.25) is 0 Å². The first kappa shape index (κ1) is 11.6. The van der Waals surface area contributed by atoms with Crippen LogP contribution in [0.3, 0.4) is 0 Å². The minimum absolute atomic E-state index is 0.00875. The number of sulfonamides is 1. The van der Waals surface area contributed by atoms with E-state index in [-0.39, 0.29) is 11.8 Å². The fourth-order valence-corrected chi connectivity index (χ4v) is 3.48. The van der Waals surface area contributed by atoms with E-state index in [9.17, 15) is 8.42 Å². The van der Waals surface area contributed by atoms with Crippen LogP contribution in [0.2, 0.25) is 0 Å². The lowest BCUT2D eigenvalue weighted by molar-refractivity contribution is 0.471. The van der Waals surface area contributed by atoms with E-state index < -0.39 is 10.0 Å². The summed E-state index contributed by atoms with van der Waals surface area (Å²) in [4.78, 5) is 0. The highest BCUT2D eigenvalue weighted by molar-refractivity contribution is 7.88. The van der Waals surface area contributed by atoms with Gasteiger partial charge in [0.05, 0.1) is 5.75 Å². The molecule has 4 nitrogen and oxygen atoms in total. The Morgan fingerprint density at radius 3 is 2.56 bits per heavy atom. The Labute approximate surface area is 96.1 Å². The molecule has 1 unspecified atom stereocenters. The van der Waals surface area contributed by atoms with Crippen LogP contribution in [0.25, 0.3) is 0 Å². The lowest BCUT2D eigenvalue weighted by Gasteiger charge is -2.15. The molecule has 1 atom stereocenters. The summed E-state index contributed by atoms with van der Waals surface area (Å²) in [5, 5.41) is 0. The van der Waals surface area contributed by atoms with E-state index in [1.165, 1.54) is 4.31 Å². The van der Waals surface area contributed by atoms with Crippen molar-refractivity contribution in [3.05, 3.63) is 35.9 Å². The van der Waals surface area contributed by atoms with Crippen LogP contribution in [0.1, 0.15) is 12.0 Å². The van der Waals surface area contributed by atoms with Crippen LogP contribution in [-0.4, -0.2) is 31.9 Å². The van der Waals surface area contributed by atoms with Crippen molar-refractivity contribution < 1.29 is 8.42 Å². The van der Waals surface area contributed by atoms with Gasteiger partial charge in [-0.2, -0.15) is 0 Å². The molecule has 1 aromatic rings. The molecule has 16 heavy (non-hydrogen) atoms. The molecule has 0 bridgehead atoms. The van der Waals surface area contributed by atoms with Crippen molar-refractivity contribution in [3.63, 3.8) is 0 Å². The van der Waals surface area contributed by atoms with Crippen molar-refractivity contribution in [1.82, 2.24) is 4.31 Å². The maximum Gasteiger partial charge on any atom is 0.218 e. The Balaban J connectivity index is 2.09. The molecule has 0 amide bonds. The molecule has 2 N–H and O–H groups in total. The maximum atomic E-state index is 12.0. The monoisotopic (exact) mass is 240 g/mol. The Morgan fingerprint density at radius 1 is 1.31 bits per heavy atom. The minimum Gasteiger partial charge on any atom is -0.326 e. The van der Waals surface area contributed by atoms with Crippen LogP contribution in [0.4, 0.5) is 0 Å². The van der Waals surface area contributed by atoms with Crippen LogP contribution in [0, 0.1) is 0 Å². The summed E-state index contributed by atoms with van der Waals surface area (Å²) in [5.74, 6) is 0.0700. The van der Waals surface area contributed by atoms with Gasteiger partial charge in [0.2, 0.25) is 10.0 Å². The van der Waals surface area contributed by atoms with E-state index in [0.29, 0.717) is 13.1 Å². The Bertz CT molecular complexity index is 444. The number of nitrogens with two attached hydrogens (primary N) is 1. The van der Waals surface area contributed by atoms with Gasteiger partial charge < -0.3 is 5.73 Å². The van der Waals surface area contributed by atoms with E-state index in [1.54, 1.807) is 0 Å².